The molecule has 0 radical (unpaired) electrons. The monoisotopic (exact) mass is 439 g/mol. The Morgan fingerprint density at radius 1 is 1.03 bits per heavy atom. The summed E-state index contributed by atoms with van der Waals surface area (Å²) in [5.74, 6) is 2.28. The molecule has 7 heteroatoms. The summed E-state index contributed by atoms with van der Waals surface area (Å²) in [5.41, 5.74) is 2.93. The number of benzene rings is 1. The Morgan fingerprint density at radius 3 is 2.55 bits per heavy atom. The third kappa shape index (κ3) is 3.87. The van der Waals surface area contributed by atoms with Crippen molar-refractivity contribution in [3.63, 3.8) is 0 Å². The molecular weight excluding hydrogens is 413 g/mol. The number of halogens is 2. The molecule has 1 aromatic carbocycles. The zero-order valence-corrected chi connectivity index (χ0v) is 18.7. The molecule has 2 aliphatic rings. The van der Waals surface area contributed by atoms with E-state index in [1.807, 2.05) is 6.07 Å². The van der Waals surface area contributed by atoms with Crippen LogP contribution in [0.2, 0.25) is 5.02 Å². The predicted molar refractivity (Wildman–Crippen MR) is 119 cm³/mol. The van der Waals surface area contributed by atoms with E-state index in [-0.39, 0.29) is 11.7 Å². The largest absolute Gasteiger partial charge is 0.289 e. The zero-order valence-electron chi connectivity index (χ0n) is 17.9. The van der Waals surface area contributed by atoms with Gasteiger partial charge in [-0.25, -0.2) is 4.39 Å². The average Bonchev–Trinajstić information content (AvgIpc) is 3.10. The lowest BCUT2D eigenvalue weighted by Gasteiger charge is -2.28. The van der Waals surface area contributed by atoms with Gasteiger partial charge >= 0.3 is 0 Å². The van der Waals surface area contributed by atoms with Crippen molar-refractivity contribution in [2.24, 2.45) is 0 Å². The van der Waals surface area contributed by atoms with Gasteiger partial charge in [0.15, 0.2) is 5.82 Å². The van der Waals surface area contributed by atoms with Crippen molar-refractivity contribution < 1.29 is 4.39 Å². The van der Waals surface area contributed by atoms with Gasteiger partial charge in [0.25, 0.3) is 0 Å². The highest BCUT2D eigenvalue weighted by Gasteiger charge is 2.32. The summed E-state index contributed by atoms with van der Waals surface area (Å²) in [6.45, 7) is 6.00. The van der Waals surface area contributed by atoms with Crippen LogP contribution in [-0.4, -0.2) is 30.7 Å². The van der Waals surface area contributed by atoms with Crippen molar-refractivity contribution in [2.45, 2.75) is 70.5 Å². The number of aromatic nitrogens is 4. The molecule has 3 heterocycles. The first-order valence-corrected chi connectivity index (χ1v) is 11.5. The van der Waals surface area contributed by atoms with Crippen LogP contribution in [0.25, 0.3) is 5.69 Å². The molecule has 0 atom stereocenters. The van der Waals surface area contributed by atoms with E-state index in [1.165, 1.54) is 11.6 Å². The summed E-state index contributed by atoms with van der Waals surface area (Å²) in [6.07, 6.45) is 5.41. The van der Waals surface area contributed by atoms with Crippen LogP contribution < -0.4 is 0 Å². The molecule has 0 amide bonds. The Balaban J connectivity index is 1.46. The molecule has 31 heavy (non-hydrogen) atoms. The lowest BCUT2D eigenvalue weighted by molar-refractivity contribution is 0.201. The van der Waals surface area contributed by atoms with Gasteiger partial charge in [-0.15, -0.1) is 10.2 Å². The molecule has 1 aliphatic carbocycles. The summed E-state index contributed by atoms with van der Waals surface area (Å²) >= 11 is 6.34. The number of rotatable bonds is 3. The Kier molecular flexibility index (Phi) is 5.52. The van der Waals surface area contributed by atoms with Gasteiger partial charge in [-0.2, -0.15) is 0 Å². The Labute approximate surface area is 187 Å². The number of hydrogen-bond donors (Lipinski definition) is 0. The van der Waals surface area contributed by atoms with Gasteiger partial charge in [-0.05, 0) is 75.4 Å². The zero-order chi connectivity index (χ0) is 21.5. The first kappa shape index (κ1) is 20.6. The topological polar surface area (TPSA) is 46.8 Å². The summed E-state index contributed by atoms with van der Waals surface area (Å²) in [7, 11) is 0. The van der Waals surface area contributed by atoms with Gasteiger partial charge in [-0.1, -0.05) is 11.6 Å². The van der Waals surface area contributed by atoms with E-state index >= 15 is 0 Å². The van der Waals surface area contributed by atoms with E-state index in [0.29, 0.717) is 17.7 Å². The second-order valence-corrected chi connectivity index (χ2v) is 9.44. The van der Waals surface area contributed by atoms with E-state index in [4.69, 9.17) is 11.6 Å². The van der Waals surface area contributed by atoms with E-state index in [1.54, 1.807) is 12.3 Å². The molecule has 5 nitrogen and oxygen atoms in total. The number of fused-ring (bicyclic) bond motifs is 3. The lowest BCUT2D eigenvalue weighted by atomic mass is 9.79. The molecule has 1 fully saturated rings. The fraction of sp³-hybridized carbons (Fsp3) is 0.458. The Bertz CT molecular complexity index is 1090. The normalized spacial score (nSPS) is 21.6. The highest BCUT2D eigenvalue weighted by atomic mass is 35.5. The molecule has 0 bridgehead atoms. The van der Waals surface area contributed by atoms with E-state index in [0.717, 1.165) is 61.1 Å². The first-order chi connectivity index (χ1) is 15.0. The molecule has 162 valence electrons. The van der Waals surface area contributed by atoms with Crippen LogP contribution >= 0.6 is 11.6 Å². The molecule has 2 aromatic heterocycles. The van der Waals surface area contributed by atoms with E-state index < -0.39 is 0 Å². The van der Waals surface area contributed by atoms with Gasteiger partial charge in [0, 0.05) is 35.6 Å². The lowest BCUT2D eigenvalue weighted by Crippen LogP contribution is -2.29. The molecular formula is C24H27ClFN5. The number of pyridine rings is 1. The number of nitrogens with zero attached hydrogens (tertiary/aromatic N) is 5. The van der Waals surface area contributed by atoms with Crippen molar-refractivity contribution in [3.05, 3.63) is 70.3 Å². The van der Waals surface area contributed by atoms with Crippen LogP contribution in [0.4, 0.5) is 4.39 Å². The third-order valence-corrected chi connectivity index (χ3v) is 6.99. The Morgan fingerprint density at radius 2 is 1.81 bits per heavy atom. The maximum Gasteiger partial charge on any atom is 0.151 e. The SMILES string of the molecule is CC(C)N1Cc2cc(Cl)ccc2-n2c(nnc2[C@H]2CC[C@H](c3ncccc3F)CC2)C1. The summed E-state index contributed by atoms with van der Waals surface area (Å²) in [6, 6.07) is 9.65. The van der Waals surface area contributed by atoms with Gasteiger partial charge in [0.05, 0.1) is 17.9 Å². The fourth-order valence-corrected chi connectivity index (χ4v) is 5.20. The van der Waals surface area contributed by atoms with Crippen molar-refractivity contribution in [2.75, 3.05) is 0 Å². The minimum Gasteiger partial charge on any atom is -0.289 e. The highest BCUT2D eigenvalue weighted by Crippen LogP contribution is 2.41. The third-order valence-electron chi connectivity index (χ3n) is 6.75. The predicted octanol–water partition coefficient (Wildman–Crippen LogP) is 5.62. The van der Waals surface area contributed by atoms with Crippen molar-refractivity contribution in [1.29, 1.82) is 0 Å². The smallest absolute Gasteiger partial charge is 0.151 e. The summed E-state index contributed by atoms with van der Waals surface area (Å²) in [5, 5.41) is 10.0. The van der Waals surface area contributed by atoms with Crippen LogP contribution in [-0.2, 0) is 13.1 Å². The van der Waals surface area contributed by atoms with Crippen molar-refractivity contribution in [3.8, 4) is 5.69 Å². The fourth-order valence-electron chi connectivity index (χ4n) is 5.00. The molecule has 1 saturated carbocycles. The standard InChI is InChI=1S/C24H27ClFN5/c1-15(2)30-13-18-12-19(25)9-10-21(18)31-22(14-30)28-29-24(31)17-7-5-16(6-8-17)23-20(26)4-3-11-27-23/h3-4,9-12,15-17H,5-8,13-14H2,1-2H3/t16-,17-. The average molecular weight is 440 g/mol. The minimum absolute atomic E-state index is 0.173. The molecule has 0 spiro atoms. The number of hydrogen-bond acceptors (Lipinski definition) is 4. The van der Waals surface area contributed by atoms with Crippen LogP contribution in [0.5, 0.6) is 0 Å². The molecule has 5 rings (SSSR count). The van der Waals surface area contributed by atoms with Gasteiger partial charge in [0.1, 0.15) is 11.6 Å². The molecule has 0 unspecified atom stereocenters. The Hall–Kier alpha value is -2.31. The van der Waals surface area contributed by atoms with Gasteiger partial charge < -0.3 is 0 Å². The van der Waals surface area contributed by atoms with Crippen LogP contribution in [0.1, 0.15) is 74.3 Å². The summed E-state index contributed by atoms with van der Waals surface area (Å²) < 4.78 is 16.5. The molecule has 0 N–H and O–H groups in total. The van der Waals surface area contributed by atoms with Crippen LogP contribution in [0.15, 0.2) is 36.5 Å². The van der Waals surface area contributed by atoms with Crippen molar-refractivity contribution in [1.82, 2.24) is 24.6 Å². The van der Waals surface area contributed by atoms with Crippen LogP contribution in [0.3, 0.4) is 0 Å². The van der Waals surface area contributed by atoms with Crippen molar-refractivity contribution >= 4 is 11.6 Å². The minimum atomic E-state index is -0.193. The maximum atomic E-state index is 14.2. The highest BCUT2D eigenvalue weighted by molar-refractivity contribution is 6.30. The molecule has 1 aliphatic heterocycles. The van der Waals surface area contributed by atoms with E-state index in [9.17, 15) is 4.39 Å². The first-order valence-electron chi connectivity index (χ1n) is 11.1. The maximum absolute atomic E-state index is 14.2. The molecule has 3 aromatic rings. The second kappa shape index (κ2) is 8.32. The van der Waals surface area contributed by atoms with Gasteiger partial charge in [0.2, 0.25) is 0 Å². The summed E-state index contributed by atoms with van der Waals surface area (Å²) in [4.78, 5) is 6.70. The van der Waals surface area contributed by atoms with E-state index in [2.05, 4.69) is 50.6 Å². The van der Waals surface area contributed by atoms with Gasteiger partial charge in [-0.3, -0.25) is 14.5 Å². The second-order valence-electron chi connectivity index (χ2n) is 9.00. The quantitative estimate of drug-likeness (QED) is 0.531. The van der Waals surface area contributed by atoms with Crippen LogP contribution in [0, 0.1) is 5.82 Å². The molecule has 0 saturated heterocycles.